The fourth-order valence-corrected chi connectivity index (χ4v) is 2.17. The van der Waals surface area contributed by atoms with E-state index in [-0.39, 0.29) is 11.8 Å². The first-order chi connectivity index (χ1) is 7.65. The number of aromatic nitrogens is 1. The number of fused-ring (bicyclic) bond motifs is 1. The number of ketones is 1. The molecule has 0 bridgehead atoms. The molecule has 2 nitrogen and oxygen atoms in total. The van der Waals surface area contributed by atoms with Gasteiger partial charge in [-0.25, -0.2) is 0 Å². The Morgan fingerprint density at radius 2 is 2.19 bits per heavy atom. The number of carbonyl (C=O) groups excluding carboxylic acids is 1. The first-order valence-electron chi connectivity index (χ1n) is 5.43. The number of halogens is 1. The van der Waals surface area contributed by atoms with Crippen LogP contribution in [0.25, 0.3) is 10.9 Å². The predicted octanol–water partition coefficient (Wildman–Crippen LogP) is 3.83. The maximum absolute atomic E-state index is 11.7. The zero-order chi connectivity index (χ0) is 11.7. The SMILES string of the molecule is CCC(=O)C(C)n1ccc2c(Cl)cccc21. The summed E-state index contributed by atoms with van der Waals surface area (Å²) < 4.78 is 1.98. The standard InChI is InChI=1S/C13H14ClNO/c1-3-13(16)9(2)15-8-7-10-11(14)5-4-6-12(10)15/h4-9H,3H2,1-2H3. The Morgan fingerprint density at radius 3 is 2.88 bits per heavy atom. The maximum Gasteiger partial charge on any atom is 0.155 e. The lowest BCUT2D eigenvalue weighted by Crippen LogP contribution is -2.14. The Hall–Kier alpha value is -1.28. The highest BCUT2D eigenvalue weighted by Gasteiger charge is 2.15. The molecule has 0 radical (unpaired) electrons. The number of benzene rings is 1. The molecule has 0 spiro atoms. The van der Waals surface area contributed by atoms with Gasteiger partial charge in [0.15, 0.2) is 5.78 Å². The molecule has 1 aromatic heterocycles. The summed E-state index contributed by atoms with van der Waals surface area (Å²) >= 11 is 6.09. The maximum atomic E-state index is 11.7. The second-order valence-corrected chi connectivity index (χ2v) is 4.30. The van der Waals surface area contributed by atoms with E-state index >= 15 is 0 Å². The van der Waals surface area contributed by atoms with Gasteiger partial charge in [-0.1, -0.05) is 24.6 Å². The minimum Gasteiger partial charge on any atom is -0.337 e. The first kappa shape index (κ1) is 11.2. The Bertz CT molecular complexity index is 530. The van der Waals surface area contributed by atoms with E-state index in [1.165, 1.54) is 0 Å². The van der Waals surface area contributed by atoms with Gasteiger partial charge in [0.05, 0.1) is 11.6 Å². The molecule has 1 aromatic carbocycles. The van der Waals surface area contributed by atoms with Crippen LogP contribution < -0.4 is 0 Å². The van der Waals surface area contributed by atoms with E-state index in [9.17, 15) is 4.79 Å². The zero-order valence-electron chi connectivity index (χ0n) is 9.40. The second kappa shape index (κ2) is 4.30. The van der Waals surface area contributed by atoms with Crippen LogP contribution in [0.2, 0.25) is 5.02 Å². The molecular weight excluding hydrogens is 222 g/mol. The van der Waals surface area contributed by atoms with Gasteiger partial charge in [0.2, 0.25) is 0 Å². The molecule has 3 heteroatoms. The molecule has 0 saturated carbocycles. The lowest BCUT2D eigenvalue weighted by molar-refractivity contribution is -0.121. The van der Waals surface area contributed by atoms with Crippen molar-refractivity contribution in [3.05, 3.63) is 35.5 Å². The Labute approximate surface area is 99.8 Å². The van der Waals surface area contributed by atoms with E-state index in [1.54, 1.807) is 0 Å². The minimum absolute atomic E-state index is 0.124. The van der Waals surface area contributed by atoms with Crippen molar-refractivity contribution in [2.75, 3.05) is 0 Å². The molecule has 0 aliphatic rings. The summed E-state index contributed by atoms with van der Waals surface area (Å²) in [5, 5.41) is 1.73. The van der Waals surface area contributed by atoms with Crippen molar-refractivity contribution >= 4 is 28.3 Å². The molecule has 16 heavy (non-hydrogen) atoms. The second-order valence-electron chi connectivity index (χ2n) is 3.89. The summed E-state index contributed by atoms with van der Waals surface area (Å²) in [6.45, 7) is 3.81. The van der Waals surface area contributed by atoms with Gasteiger partial charge in [0.25, 0.3) is 0 Å². The Kier molecular flexibility index (Phi) is 3.01. The first-order valence-corrected chi connectivity index (χ1v) is 5.80. The van der Waals surface area contributed by atoms with E-state index in [0.29, 0.717) is 6.42 Å². The summed E-state index contributed by atoms with van der Waals surface area (Å²) in [6.07, 6.45) is 2.48. The van der Waals surface area contributed by atoms with Gasteiger partial charge in [-0.05, 0) is 25.1 Å². The van der Waals surface area contributed by atoms with E-state index in [4.69, 9.17) is 11.6 Å². The van der Waals surface area contributed by atoms with Crippen molar-refractivity contribution in [1.29, 1.82) is 0 Å². The van der Waals surface area contributed by atoms with Gasteiger partial charge >= 0.3 is 0 Å². The van der Waals surface area contributed by atoms with Crippen LogP contribution >= 0.6 is 11.6 Å². The van der Waals surface area contributed by atoms with Crippen molar-refractivity contribution in [3.63, 3.8) is 0 Å². The summed E-state index contributed by atoms with van der Waals surface area (Å²) in [6, 6.07) is 7.59. The quantitative estimate of drug-likeness (QED) is 0.793. The summed E-state index contributed by atoms with van der Waals surface area (Å²) in [7, 11) is 0. The average Bonchev–Trinajstić information content (AvgIpc) is 2.72. The highest BCUT2D eigenvalue weighted by atomic mass is 35.5. The fraction of sp³-hybridized carbons (Fsp3) is 0.308. The lowest BCUT2D eigenvalue weighted by Gasteiger charge is -2.13. The third kappa shape index (κ3) is 1.74. The lowest BCUT2D eigenvalue weighted by atomic mass is 10.1. The molecule has 0 fully saturated rings. The minimum atomic E-state index is -0.124. The van der Waals surface area contributed by atoms with Crippen molar-refractivity contribution in [3.8, 4) is 0 Å². The van der Waals surface area contributed by atoms with Gasteiger partial charge in [-0.15, -0.1) is 0 Å². The monoisotopic (exact) mass is 235 g/mol. The number of hydrogen-bond donors (Lipinski definition) is 0. The van der Waals surface area contributed by atoms with Crippen LogP contribution in [0.5, 0.6) is 0 Å². The molecule has 1 atom stereocenters. The van der Waals surface area contributed by atoms with Gasteiger partial charge in [0.1, 0.15) is 0 Å². The third-order valence-corrected chi connectivity index (χ3v) is 3.27. The predicted molar refractivity (Wildman–Crippen MR) is 67.0 cm³/mol. The van der Waals surface area contributed by atoms with Crippen LogP contribution in [0.3, 0.4) is 0 Å². The summed E-state index contributed by atoms with van der Waals surface area (Å²) in [5.74, 6) is 0.234. The van der Waals surface area contributed by atoms with Crippen molar-refractivity contribution in [2.45, 2.75) is 26.3 Å². The van der Waals surface area contributed by atoms with Crippen LogP contribution in [-0.4, -0.2) is 10.4 Å². The average molecular weight is 236 g/mol. The van der Waals surface area contributed by atoms with Crippen LogP contribution in [0.4, 0.5) is 0 Å². The normalized spacial score (nSPS) is 12.9. The largest absolute Gasteiger partial charge is 0.337 e. The molecule has 2 aromatic rings. The van der Waals surface area contributed by atoms with Crippen molar-refractivity contribution in [2.24, 2.45) is 0 Å². The summed E-state index contributed by atoms with van der Waals surface area (Å²) in [4.78, 5) is 11.7. The Morgan fingerprint density at radius 1 is 1.44 bits per heavy atom. The highest BCUT2D eigenvalue weighted by Crippen LogP contribution is 2.27. The molecule has 0 amide bonds. The summed E-state index contributed by atoms with van der Waals surface area (Å²) in [5.41, 5.74) is 1.02. The van der Waals surface area contributed by atoms with E-state index < -0.39 is 0 Å². The third-order valence-electron chi connectivity index (χ3n) is 2.94. The van der Waals surface area contributed by atoms with E-state index in [1.807, 2.05) is 48.9 Å². The van der Waals surface area contributed by atoms with Crippen molar-refractivity contribution in [1.82, 2.24) is 4.57 Å². The fourth-order valence-electron chi connectivity index (χ4n) is 1.94. The topological polar surface area (TPSA) is 22.0 Å². The molecule has 2 rings (SSSR count). The van der Waals surface area contributed by atoms with Crippen LogP contribution in [-0.2, 0) is 4.79 Å². The number of carbonyl (C=O) groups is 1. The number of rotatable bonds is 3. The molecule has 0 aliphatic heterocycles. The molecule has 0 N–H and O–H groups in total. The van der Waals surface area contributed by atoms with E-state index in [2.05, 4.69) is 0 Å². The van der Waals surface area contributed by atoms with Gasteiger partial charge in [-0.3, -0.25) is 4.79 Å². The molecule has 1 unspecified atom stereocenters. The van der Waals surface area contributed by atoms with Crippen LogP contribution in [0.1, 0.15) is 26.3 Å². The van der Waals surface area contributed by atoms with Crippen molar-refractivity contribution < 1.29 is 4.79 Å². The van der Waals surface area contributed by atoms with Crippen LogP contribution in [0, 0.1) is 0 Å². The molecule has 0 aliphatic carbocycles. The zero-order valence-corrected chi connectivity index (χ0v) is 10.2. The smallest absolute Gasteiger partial charge is 0.155 e. The van der Waals surface area contributed by atoms with Gasteiger partial charge < -0.3 is 4.57 Å². The molecule has 84 valence electrons. The Balaban J connectivity index is 2.54. The molecule has 1 heterocycles. The number of nitrogens with zero attached hydrogens (tertiary/aromatic N) is 1. The van der Waals surface area contributed by atoms with Gasteiger partial charge in [0, 0.05) is 23.0 Å². The van der Waals surface area contributed by atoms with E-state index in [0.717, 1.165) is 15.9 Å². The molecular formula is C13H14ClNO. The van der Waals surface area contributed by atoms with Gasteiger partial charge in [-0.2, -0.15) is 0 Å². The van der Waals surface area contributed by atoms with Crippen LogP contribution in [0.15, 0.2) is 30.5 Å². The highest BCUT2D eigenvalue weighted by molar-refractivity contribution is 6.35. The number of hydrogen-bond acceptors (Lipinski definition) is 1. The number of Topliss-reactive ketones (excluding diaryl/α,β-unsaturated/α-hetero) is 1. The molecule has 0 saturated heterocycles.